The molecule has 2 heteroatoms. The number of halogens is 1. The zero-order valence-electron chi connectivity index (χ0n) is 8.63. The maximum Gasteiger partial charge on any atom is 0.123 e. The fraction of sp³-hybridized carbons (Fsp3) is 0.500. The van der Waals surface area contributed by atoms with Crippen LogP contribution in [-0.2, 0) is 0 Å². The topological polar surface area (TPSA) is 26.0 Å². The molecular weight excluding hydrogens is 177 g/mol. The van der Waals surface area contributed by atoms with Crippen molar-refractivity contribution in [3.8, 4) is 0 Å². The molecular formula is C12H16FN. The van der Waals surface area contributed by atoms with Gasteiger partial charge in [0.15, 0.2) is 0 Å². The van der Waals surface area contributed by atoms with Gasteiger partial charge in [0, 0.05) is 6.04 Å². The number of hydrogen-bond donors (Lipinski definition) is 1. The van der Waals surface area contributed by atoms with E-state index in [9.17, 15) is 4.39 Å². The smallest absolute Gasteiger partial charge is 0.123 e. The van der Waals surface area contributed by atoms with Gasteiger partial charge in [-0.05, 0) is 48.4 Å². The van der Waals surface area contributed by atoms with E-state index in [-0.39, 0.29) is 11.9 Å². The summed E-state index contributed by atoms with van der Waals surface area (Å²) >= 11 is 0. The summed E-state index contributed by atoms with van der Waals surface area (Å²) in [4.78, 5) is 0. The first-order valence-corrected chi connectivity index (χ1v) is 5.10. The predicted molar refractivity (Wildman–Crippen MR) is 55.3 cm³/mol. The van der Waals surface area contributed by atoms with E-state index in [1.54, 1.807) is 6.07 Å². The maximum absolute atomic E-state index is 13.1. The van der Waals surface area contributed by atoms with Crippen LogP contribution >= 0.6 is 0 Å². The second-order valence-electron chi connectivity index (χ2n) is 4.46. The Morgan fingerprint density at radius 2 is 2.07 bits per heavy atom. The van der Waals surface area contributed by atoms with E-state index < -0.39 is 0 Å². The van der Waals surface area contributed by atoms with E-state index in [1.807, 2.05) is 13.0 Å². The normalized spacial score (nSPS) is 27.4. The minimum absolute atomic E-state index is 0.0133. The molecule has 1 nitrogen and oxygen atoms in total. The average molecular weight is 193 g/mol. The van der Waals surface area contributed by atoms with Crippen LogP contribution in [0.5, 0.6) is 0 Å². The summed E-state index contributed by atoms with van der Waals surface area (Å²) in [5.41, 5.74) is 7.95. The lowest BCUT2D eigenvalue weighted by Crippen LogP contribution is -2.13. The molecule has 0 aliphatic heterocycles. The predicted octanol–water partition coefficient (Wildman–Crippen LogP) is 2.79. The van der Waals surface area contributed by atoms with Crippen LogP contribution in [0.1, 0.15) is 30.5 Å². The van der Waals surface area contributed by atoms with Crippen molar-refractivity contribution in [2.45, 2.75) is 26.3 Å². The van der Waals surface area contributed by atoms with Gasteiger partial charge in [-0.1, -0.05) is 13.0 Å². The monoisotopic (exact) mass is 193 g/mol. The molecule has 1 aliphatic carbocycles. The molecule has 0 spiro atoms. The van der Waals surface area contributed by atoms with E-state index in [4.69, 9.17) is 5.73 Å². The highest BCUT2D eigenvalue weighted by Crippen LogP contribution is 2.45. The summed E-state index contributed by atoms with van der Waals surface area (Å²) in [7, 11) is 0. The van der Waals surface area contributed by atoms with Crippen molar-refractivity contribution in [1.29, 1.82) is 0 Å². The Hall–Kier alpha value is -0.890. The molecule has 0 bridgehead atoms. The third-order valence-electron chi connectivity index (χ3n) is 3.08. The molecule has 76 valence electrons. The van der Waals surface area contributed by atoms with Gasteiger partial charge in [0.2, 0.25) is 0 Å². The van der Waals surface area contributed by atoms with Crippen molar-refractivity contribution in [3.63, 3.8) is 0 Å². The molecule has 1 saturated carbocycles. The standard InChI is InChI=1S/C12H16FN/c1-7-3-9(6-10(13)4-7)12(14)11-5-8(11)2/h3-4,6,8,11-12H,5,14H2,1-2H3. The molecule has 2 N–H and O–H groups in total. The molecule has 0 radical (unpaired) electrons. The highest BCUT2D eigenvalue weighted by atomic mass is 19.1. The summed E-state index contributed by atoms with van der Waals surface area (Å²) in [6.07, 6.45) is 1.18. The van der Waals surface area contributed by atoms with Crippen LogP contribution < -0.4 is 5.73 Å². The van der Waals surface area contributed by atoms with Crippen molar-refractivity contribution in [1.82, 2.24) is 0 Å². The zero-order chi connectivity index (χ0) is 10.3. The third-order valence-corrected chi connectivity index (χ3v) is 3.08. The van der Waals surface area contributed by atoms with Crippen LogP contribution in [0.25, 0.3) is 0 Å². The van der Waals surface area contributed by atoms with Gasteiger partial charge < -0.3 is 5.73 Å². The minimum atomic E-state index is -0.177. The molecule has 14 heavy (non-hydrogen) atoms. The van der Waals surface area contributed by atoms with Crippen molar-refractivity contribution < 1.29 is 4.39 Å². The van der Waals surface area contributed by atoms with Crippen LogP contribution in [0.4, 0.5) is 4.39 Å². The first-order valence-electron chi connectivity index (χ1n) is 5.10. The van der Waals surface area contributed by atoms with Gasteiger partial charge in [0.25, 0.3) is 0 Å². The Labute approximate surface area is 84.1 Å². The van der Waals surface area contributed by atoms with E-state index in [0.29, 0.717) is 11.8 Å². The fourth-order valence-corrected chi connectivity index (χ4v) is 2.06. The largest absolute Gasteiger partial charge is 0.324 e. The van der Waals surface area contributed by atoms with Crippen LogP contribution in [-0.4, -0.2) is 0 Å². The lowest BCUT2D eigenvalue weighted by molar-refractivity contribution is 0.578. The molecule has 0 saturated heterocycles. The Morgan fingerprint density at radius 1 is 1.43 bits per heavy atom. The molecule has 1 aromatic carbocycles. The van der Waals surface area contributed by atoms with Gasteiger partial charge in [0.1, 0.15) is 5.82 Å². The summed E-state index contributed by atoms with van der Waals surface area (Å²) in [6.45, 7) is 4.09. The van der Waals surface area contributed by atoms with Gasteiger partial charge in [-0.2, -0.15) is 0 Å². The fourth-order valence-electron chi connectivity index (χ4n) is 2.06. The highest BCUT2D eigenvalue weighted by molar-refractivity contribution is 5.27. The van der Waals surface area contributed by atoms with Gasteiger partial charge in [-0.25, -0.2) is 4.39 Å². The van der Waals surface area contributed by atoms with Crippen LogP contribution in [0.2, 0.25) is 0 Å². The van der Waals surface area contributed by atoms with Gasteiger partial charge >= 0.3 is 0 Å². The second-order valence-corrected chi connectivity index (χ2v) is 4.46. The summed E-state index contributed by atoms with van der Waals surface area (Å²) in [6, 6.07) is 5.09. The van der Waals surface area contributed by atoms with E-state index in [1.165, 1.54) is 12.5 Å². The first kappa shape index (κ1) is 9.66. The lowest BCUT2D eigenvalue weighted by Gasteiger charge is -2.12. The van der Waals surface area contributed by atoms with Crippen LogP contribution in [0, 0.1) is 24.6 Å². The molecule has 1 aromatic rings. The number of benzene rings is 1. The van der Waals surface area contributed by atoms with Gasteiger partial charge in [0.05, 0.1) is 0 Å². The Morgan fingerprint density at radius 3 is 2.57 bits per heavy atom. The van der Waals surface area contributed by atoms with Crippen LogP contribution in [0.3, 0.4) is 0 Å². The Kier molecular flexibility index (Phi) is 2.31. The van der Waals surface area contributed by atoms with Crippen molar-refractivity contribution in [2.24, 2.45) is 17.6 Å². The van der Waals surface area contributed by atoms with Crippen molar-refractivity contribution in [3.05, 3.63) is 35.1 Å². The molecule has 2 rings (SSSR count). The maximum atomic E-state index is 13.1. The zero-order valence-corrected chi connectivity index (χ0v) is 8.63. The average Bonchev–Trinajstić information content (AvgIpc) is 2.79. The molecule has 1 fully saturated rings. The summed E-state index contributed by atoms with van der Waals surface area (Å²) in [5.74, 6) is 1.08. The minimum Gasteiger partial charge on any atom is -0.324 e. The Bertz CT molecular complexity index is 328. The van der Waals surface area contributed by atoms with E-state index in [0.717, 1.165) is 11.1 Å². The second kappa shape index (κ2) is 3.35. The molecule has 1 aliphatic rings. The van der Waals surface area contributed by atoms with E-state index in [2.05, 4.69) is 6.92 Å². The molecule has 0 heterocycles. The number of rotatable bonds is 2. The molecule has 3 unspecified atom stereocenters. The number of hydrogen-bond acceptors (Lipinski definition) is 1. The molecule has 3 atom stereocenters. The SMILES string of the molecule is Cc1cc(F)cc(C(N)C2CC2C)c1. The summed E-state index contributed by atoms with van der Waals surface area (Å²) < 4.78 is 13.1. The van der Waals surface area contributed by atoms with Crippen molar-refractivity contribution in [2.75, 3.05) is 0 Å². The Balaban J connectivity index is 2.23. The number of nitrogens with two attached hydrogens (primary N) is 1. The van der Waals surface area contributed by atoms with Gasteiger partial charge in [-0.15, -0.1) is 0 Å². The third kappa shape index (κ3) is 1.80. The van der Waals surface area contributed by atoms with Gasteiger partial charge in [-0.3, -0.25) is 0 Å². The summed E-state index contributed by atoms with van der Waals surface area (Å²) in [5, 5.41) is 0. The first-order chi connectivity index (χ1) is 6.58. The molecule has 0 amide bonds. The quantitative estimate of drug-likeness (QED) is 0.768. The van der Waals surface area contributed by atoms with E-state index >= 15 is 0 Å². The number of aryl methyl sites for hydroxylation is 1. The molecule has 0 aromatic heterocycles. The highest BCUT2D eigenvalue weighted by Gasteiger charge is 2.38. The van der Waals surface area contributed by atoms with Crippen molar-refractivity contribution >= 4 is 0 Å². The van der Waals surface area contributed by atoms with Crippen LogP contribution in [0.15, 0.2) is 18.2 Å². The lowest BCUT2D eigenvalue weighted by atomic mass is 10.0.